The molecule has 144 valence electrons. The lowest BCUT2D eigenvalue weighted by molar-refractivity contribution is -0.310. The highest BCUT2D eigenvalue weighted by atomic mass is 16.5. The summed E-state index contributed by atoms with van der Waals surface area (Å²) in [6.07, 6.45) is 0.714. The molecule has 0 spiro atoms. The van der Waals surface area contributed by atoms with Crippen molar-refractivity contribution in [3.8, 4) is 11.5 Å². The van der Waals surface area contributed by atoms with Gasteiger partial charge in [-0.15, -0.1) is 0 Å². The van der Waals surface area contributed by atoms with E-state index in [1.165, 1.54) is 19.1 Å². The zero-order valence-corrected chi connectivity index (χ0v) is 15.4. The Hall–Kier alpha value is -3.03. The quantitative estimate of drug-likeness (QED) is 0.697. The first-order valence-corrected chi connectivity index (χ1v) is 8.56. The Morgan fingerprint density at radius 3 is 2.67 bits per heavy atom. The van der Waals surface area contributed by atoms with E-state index in [4.69, 9.17) is 13.9 Å². The van der Waals surface area contributed by atoms with Crippen molar-refractivity contribution in [3.05, 3.63) is 33.7 Å². The van der Waals surface area contributed by atoms with Crippen LogP contribution in [0.1, 0.15) is 24.0 Å². The van der Waals surface area contributed by atoms with Crippen molar-refractivity contribution in [2.24, 2.45) is 0 Å². The highest BCUT2D eigenvalue weighted by Crippen LogP contribution is 2.36. The Labute approximate surface area is 155 Å². The molecule has 1 aliphatic rings. The molecule has 1 amide bonds. The van der Waals surface area contributed by atoms with Gasteiger partial charge in [-0.1, -0.05) is 0 Å². The van der Waals surface area contributed by atoms with Crippen molar-refractivity contribution in [3.63, 3.8) is 0 Å². The number of carboxylic acids is 1. The molecule has 1 aliphatic heterocycles. The molecule has 1 fully saturated rings. The van der Waals surface area contributed by atoms with Gasteiger partial charge in [-0.2, -0.15) is 0 Å². The number of amides is 1. The molecule has 3 rings (SSSR count). The van der Waals surface area contributed by atoms with Crippen molar-refractivity contribution >= 4 is 22.8 Å². The van der Waals surface area contributed by atoms with Crippen molar-refractivity contribution in [1.82, 2.24) is 4.90 Å². The van der Waals surface area contributed by atoms with E-state index in [1.54, 1.807) is 19.1 Å². The van der Waals surface area contributed by atoms with Gasteiger partial charge in [0.1, 0.15) is 0 Å². The third-order valence-electron chi connectivity index (χ3n) is 4.97. The lowest BCUT2D eigenvalue weighted by Gasteiger charge is -2.25. The average molecular weight is 374 g/mol. The van der Waals surface area contributed by atoms with Gasteiger partial charge in [-0.05, 0) is 37.5 Å². The molecule has 27 heavy (non-hydrogen) atoms. The fourth-order valence-corrected chi connectivity index (χ4v) is 3.53. The van der Waals surface area contributed by atoms with Gasteiger partial charge < -0.3 is 28.7 Å². The molecule has 1 saturated heterocycles. The summed E-state index contributed by atoms with van der Waals surface area (Å²) in [6.45, 7) is 2.05. The minimum atomic E-state index is -1.28. The smallest absolute Gasteiger partial charge is 0.340 e. The fraction of sp³-hybridized carbons (Fsp3) is 0.421. The van der Waals surface area contributed by atoms with Crippen LogP contribution in [0.2, 0.25) is 0 Å². The number of benzene rings is 1. The van der Waals surface area contributed by atoms with Gasteiger partial charge in [0.25, 0.3) is 0 Å². The third kappa shape index (κ3) is 3.22. The van der Waals surface area contributed by atoms with E-state index in [-0.39, 0.29) is 17.6 Å². The molecule has 8 nitrogen and oxygen atoms in total. The van der Waals surface area contributed by atoms with Crippen LogP contribution >= 0.6 is 0 Å². The lowest BCUT2D eigenvalue weighted by Crippen LogP contribution is -2.47. The first-order valence-electron chi connectivity index (χ1n) is 8.56. The van der Waals surface area contributed by atoms with E-state index < -0.39 is 23.5 Å². The maximum absolute atomic E-state index is 12.6. The number of carboxylic acid groups (broad SMARTS) is 1. The highest BCUT2D eigenvalue weighted by molar-refractivity contribution is 5.90. The summed E-state index contributed by atoms with van der Waals surface area (Å²) in [5, 5.41) is 11.8. The van der Waals surface area contributed by atoms with Gasteiger partial charge in [0.15, 0.2) is 11.3 Å². The number of likely N-dealkylation sites (tertiary alicyclic amines) is 1. The number of carbonyl (C=O) groups is 2. The number of hydrogen-bond donors (Lipinski definition) is 0. The molecule has 1 aromatic carbocycles. The van der Waals surface area contributed by atoms with Gasteiger partial charge in [0.2, 0.25) is 11.7 Å². The van der Waals surface area contributed by atoms with Crippen LogP contribution in [-0.4, -0.2) is 43.6 Å². The molecule has 0 N–H and O–H groups in total. The normalized spacial score (nSPS) is 16.6. The molecule has 0 saturated carbocycles. The largest absolute Gasteiger partial charge is 0.548 e. The second-order valence-electron chi connectivity index (χ2n) is 6.41. The van der Waals surface area contributed by atoms with Crippen LogP contribution in [0.25, 0.3) is 11.0 Å². The van der Waals surface area contributed by atoms with E-state index in [1.807, 2.05) is 0 Å². The Bertz CT molecular complexity index is 963. The molecule has 8 heteroatoms. The maximum atomic E-state index is 12.6. The van der Waals surface area contributed by atoms with E-state index in [9.17, 15) is 19.5 Å². The van der Waals surface area contributed by atoms with Crippen LogP contribution in [0.3, 0.4) is 0 Å². The monoisotopic (exact) mass is 374 g/mol. The predicted octanol–water partition coefficient (Wildman–Crippen LogP) is 0.402. The molecule has 0 aliphatic carbocycles. The zero-order chi connectivity index (χ0) is 19.7. The Morgan fingerprint density at radius 1 is 1.30 bits per heavy atom. The number of nitrogens with zero attached hydrogens (tertiary/aromatic N) is 1. The zero-order valence-electron chi connectivity index (χ0n) is 15.4. The number of ether oxygens (including phenoxy) is 2. The van der Waals surface area contributed by atoms with Gasteiger partial charge in [-0.3, -0.25) is 4.79 Å². The second kappa shape index (κ2) is 7.30. The number of fused-ring (bicyclic) bond motifs is 1. The summed E-state index contributed by atoms with van der Waals surface area (Å²) >= 11 is 0. The number of carbonyl (C=O) groups excluding carboxylic acids is 2. The minimum Gasteiger partial charge on any atom is -0.548 e. The number of hydrogen-bond acceptors (Lipinski definition) is 7. The van der Waals surface area contributed by atoms with Gasteiger partial charge in [0, 0.05) is 11.9 Å². The van der Waals surface area contributed by atoms with Gasteiger partial charge >= 0.3 is 5.63 Å². The van der Waals surface area contributed by atoms with Crippen LogP contribution < -0.4 is 20.2 Å². The van der Waals surface area contributed by atoms with Gasteiger partial charge in [0.05, 0.1) is 38.2 Å². The first-order chi connectivity index (χ1) is 12.9. The van der Waals surface area contributed by atoms with Crippen LogP contribution in [0.15, 0.2) is 21.3 Å². The summed E-state index contributed by atoms with van der Waals surface area (Å²) in [5.41, 5.74) is 0.358. The molecule has 0 bridgehead atoms. The van der Waals surface area contributed by atoms with Crippen LogP contribution in [0, 0.1) is 6.92 Å². The number of methoxy groups -OCH3 is 2. The standard InChI is InChI=1S/C19H21NO7/c1-10-11-6-7-14(25-2)17(26-3)16(11)27-19(24)12(10)9-15(21)20-8-4-5-13(20)18(22)23/h6-7,13H,4-5,8-9H2,1-3H3,(H,22,23)/p-1/t13-/m0/s1. The second-order valence-corrected chi connectivity index (χ2v) is 6.41. The van der Waals surface area contributed by atoms with Crippen molar-refractivity contribution < 1.29 is 28.6 Å². The molecule has 2 heterocycles. The number of rotatable bonds is 5. The fourth-order valence-electron chi connectivity index (χ4n) is 3.53. The minimum absolute atomic E-state index is 0.198. The SMILES string of the molecule is COc1ccc2c(C)c(CC(=O)N3CCC[C@H]3C(=O)[O-])c(=O)oc2c1OC. The average Bonchev–Trinajstić information content (AvgIpc) is 3.14. The van der Waals surface area contributed by atoms with Crippen molar-refractivity contribution in [2.75, 3.05) is 20.8 Å². The van der Waals surface area contributed by atoms with Crippen LogP contribution in [-0.2, 0) is 16.0 Å². The van der Waals surface area contributed by atoms with Crippen molar-refractivity contribution in [1.29, 1.82) is 0 Å². The lowest BCUT2D eigenvalue weighted by atomic mass is 10.0. The maximum Gasteiger partial charge on any atom is 0.340 e. The van der Waals surface area contributed by atoms with Gasteiger partial charge in [-0.25, -0.2) is 4.79 Å². The Balaban J connectivity index is 2.02. The Morgan fingerprint density at radius 2 is 2.04 bits per heavy atom. The number of aliphatic carboxylic acids is 1. The molecule has 0 unspecified atom stereocenters. The molecular formula is C19H20NO7-. The summed E-state index contributed by atoms with van der Waals surface area (Å²) in [5.74, 6) is -0.994. The summed E-state index contributed by atoms with van der Waals surface area (Å²) in [4.78, 5) is 37.6. The number of aryl methyl sites for hydroxylation is 1. The predicted molar refractivity (Wildman–Crippen MR) is 93.8 cm³/mol. The van der Waals surface area contributed by atoms with E-state index >= 15 is 0 Å². The third-order valence-corrected chi connectivity index (χ3v) is 4.97. The summed E-state index contributed by atoms with van der Waals surface area (Å²) < 4.78 is 15.9. The highest BCUT2D eigenvalue weighted by Gasteiger charge is 2.30. The summed E-state index contributed by atoms with van der Waals surface area (Å²) in [6, 6.07) is 2.46. The molecule has 0 radical (unpaired) electrons. The molecule has 1 aromatic heterocycles. The van der Waals surface area contributed by atoms with E-state index in [0.29, 0.717) is 41.8 Å². The van der Waals surface area contributed by atoms with Crippen LogP contribution in [0.5, 0.6) is 11.5 Å². The van der Waals surface area contributed by atoms with E-state index in [2.05, 4.69) is 0 Å². The van der Waals surface area contributed by atoms with Crippen molar-refractivity contribution in [2.45, 2.75) is 32.2 Å². The summed E-state index contributed by atoms with van der Waals surface area (Å²) in [7, 11) is 2.92. The Kier molecular flexibility index (Phi) is 5.07. The topological polar surface area (TPSA) is 109 Å². The molecule has 1 atom stereocenters. The molecular weight excluding hydrogens is 354 g/mol. The van der Waals surface area contributed by atoms with E-state index in [0.717, 1.165) is 0 Å². The first kappa shape index (κ1) is 18.8. The van der Waals surface area contributed by atoms with Crippen LogP contribution in [0.4, 0.5) is 0 Å². The molecule has 2 aromatic rings.